The minimum Gasteiger partial charge on any atom is -0.368 e. The molecule has 4 aliphatic carbocycles. The molecule has 1 aromatic rings. The van der Waals surface area contributed by atoms with Crippen LogP contribution in [0.25, 0.3) is 0 Å². The molecule has 0 saturated heterocycles. The third-order valence-corrected chi connectivity index (χ3v) is 5.31. The van der Waals surface area contributed by atoms with E-state index in [1.54, 1.807) is 0 Å². The van der Waals surface area contributed by atoms with E-state index < -0.39 is 0 Å². The van der Waals surface area contributed by atoms with Gasteiger partial charge in [0, 0.05) is 5.41 Å². The summed E-state index contributed by atoms with van der Waals surface area (Å²) in [5.41, 5.74) is 5.88. The summed E-state index contributed by atoms with van der Waals surface area (Å²) < 4.78 is 0. The number of hydrogen-bond acceptors (Lipinski definition) is 4. The SMILES string of the molecule is Nc1nc(Cl)nc(C23CC4CC(CC(C4)C2)C3)n1. The molecule has 2 N–H and O–H groups in total. The van der Waals surface area contributed by atoms with E-state index in [9.17, 15) is 0 Å². The first-order chi connectivity index (χ1) is 8.63. The smallest absolute Gasteiger partial charge is 0.227 e. The molecule has 0 radical (unpaired) electrons. The van der Waals surface area contributed by atoms with E-state index in [2.05, 4.69) is 15.0 Å². The van der Waals surface area contributed by atoms with Gasteiger partial charge in [-0.25, -0.2) is 4.98 Å². The Morgan fingerprint density at radius 3 is 2.00 bits per heavy atom. The van der Waals surface area contributed by atoms with E-state index >= 15 is 0 Å². The molecule has 5 heteroatoms. The number of nitrogen functional groups attached to an aromatic ring is 1. The quantitative estimate of drug-likeness (QED) is 0.847. The van der Waals surface area contributed by atoms with Crippen molar-refractivity contribution in [2.75, 3.05) is 5.73 Å². The van der Waals surface area contributed by atoms with Crippen LogP contribution in [0.1, 0.15) is 44.3 Å². The van der Waals surface area contributed by atoms with Crippen molar-refractivity contribution in [3.8, 4) is 0 Å². The van der Waals surface area contributed by atoms with E-state index in [1.807, 2.05) is 0 Å². The number of halogens is 1. The molecule has 0 aliphatic heterocycles. The standard InChI is InChI=1S/C13H17ClN4/c14-11-16-10(17-12(15)18-11)13-4-7-1-8(5-13)3-9(2-7)6-13/h7-9H,1-6H2,(H2,15,16,17,18). The topological polar surface area (TPSA) is 64.7 Å². The second-order valence-electron chi connectivity index (χ2n) is 6.48. The van der Waals surface area contributed by atoms with Crippen molar-refractivity contribution in [3.63, 3.8) is 0 Å². The van der Waals surface area contributed by atoms with Crippen LogP contribution in [0.2, 0.25) is 5.28 Å². The van der Waals surface area contributed by atoms with Gasteiger partial charge in [-0.15, -0.1) is 0 Å². The Morgan fingerprint density at radius 2 is 1.50 bits per heavy atom. The molecule has 4 fully saturated rings. The van der Waals surface area contributed by atoms with Gasteiger partial charge in [-0.1, -0.05) is 0 Å². The summed E-state index contributed by atoms with van der Waals surface area (Å²) in [5, 5.41) is 0.244. The molecule has 4 aliphatic rings. The van der Waals surface area contributed by atoms with Crippen LogP contribution in [0.15, 0.2) is 0 Å². The molecule has 18 heavy (non-hydrogen) atoms. The maximum atomic E-state index is 5.95. The third-order valence-electron chi connectivity index (χ3n) is 5.14. The molecule has 4 bridgehead atoms. The van der Waals surface area contributed by atoms with Crippen LogP contribution in [0.4, 0.5) is 5.95 Å². The molecule has 4 saturated carbocycles. The average molecular weight is 265 g/mol. The molecule has 4 nitrogen and oxygen atoms in total. The second-order valence-corrected chi connectivity index (χ2v) is 6.82. The summed E-state index contributed by atoms with van der Waals surface area (Å²) >= 11 is 5.95. The lowest BCUT2D eigenvalue weighted by atomic mass is 9.49. The Kier molecular flexibility index (Phi) is 2.17. The van der Waals surface area contributed by atoms with Gasteiger partial charge in [0.05, 0.1) is 0 Å². The van der Waals surface area contributed by atoms with Gasteiger partial charge in [-0.2, -0.15) is 9.97 Å². The minimum absolute atomic E-state index is 0.148. The fraction of sp³-hybridized carbons (Fsp3) is 0.769. The zero-order valence-electron chi connectivity index (χ0n) is 10.3. The zero-order valence-corrected chi connectivity index (χ0v) is 11.0. The number of anilines is 1. The molecule has 0 spiro atoms. The first-order valence-electron chi connectivity index (χ1n) is 6.80. The van der Waals surface area contributed by atoms with Crippen molar-refractivity contribution in [1.29, 1.82) is 0 Å². The number of rotatable bonds is 1. The second kappa shape index (κ2) is 3.56. The molecule has 1 aromatic heterocycles. The van der Waals surface area contributed by atoms with Crippen molar-refractivity contribution in [2.24, 2.45) is 17.8 Å². The Labute approximate surface area is 111 Å². The van der Waals surface area contributed by atoms with Crippen LogP contribution in [0.3, 0.4) is 0 Å². The van der Waals surface area contributed by atoms with Crippen LogP contribution in [0.5, 0.6) is 0 Å². The van der Waals surface area contributed by atoms with Crippen molar-refractivity contribution in [2.45, 2.75) is 43.9 Å². The maximum Gasteiger partial charge on any atom is 0.227 e. The van der Waals surface area contributed by atoms with E-state index in [0.717, 1.165) is 23.6 Å². The monoisotopic (exact) mass is 264 g/mol. The molecule has 0 unspecified atom stereocenters. The van der Waals surface area contributed by atoms with Crippen LogP contribution < -0.4 is 5.73 Å². The van der Waals surface area contributed by atoms with Crippen molar-refractivity contribution >= 4 is 17.5 Å². The first-order valence-corrected chi connectivity index (χ1v) is 7.18. The molecule has 0 aromatic carbocycles. The molecular weight excluding hydrogens is 248 g/mol. The van der Waals surface area contributed by atoms with Gasteiger partial charge in [0.2, 0.25) is 11.2 Å². The minimum atomic E-state index is 0.148. The fourth-order valence-corrected chi connectivity index (χ4v) is 5.15. The maximum absolute atomic E-state index is 5.95. The summed E-state index contributed by atoms with van der Waals surface area (Å²) in [4.78, 5) is 12.7. The highest BCUT2D eigenvalue weighted by molar-refractivity contribution is 6.28. The lowest BCUT2D eigenvalue weighted by Crippen LogP contribution is -2.49. The van der Waals surface area contributed by atoms with Gasteiger partial charge in [-0.05, 0) is 67.9 Å². The van der Waals surface area contributed by atoms with Gasteiger partial charge in [-0.3, -0.25) is 0 Å². The van der Waals surface area contributed by atoms with Gasteiger partial charge in [0.25, 0.3) is 0 Å². The molecule has 1 heterocycles. The predicted molar refractivity (Wildman–Crippen MR) is 69.1 cm³/mol. The van der Waals surface area contributed by atoms with Gasteiger partial charge < -0.3 is 5.73 Å². The fourth-order valence-electron chi connectivity index (χ4n) is 4.99. The van der Waals surface area contributed by atoms with Crippen molar-refractivity contribution < 1.29 is 0 Å². The summed E-state index contributed by atoms with van der Waals surface area (Å²) in [5.74, 6) is 3.73. The van der Waals surface area contributed by atoms with E-state index in [0.29, 0.717) is 0 Å². The highest BCUT2D eigenvalue weighted by Gasteiger charge is 2.53. The van der Waals surface area contributed by atoms with Gasteiger partial charge in [0.1, 0.15) is 5.82 Å². The largest absolute Gasteiger partial charge is 0.368 e. The summed E-state index contributed by atoms with van der Waals surface area (Å²) in [6.07, 6.45) is 7.89. The summed E-state index contributed by atoms with van der Waals surface area (Å²) in [7, 11) is 0. The number of aromatic nitrogens is 3. The predicted octanol–water partition coefficient (Wildman–Crippen LogP) is 2.58. The summed E-state index contributed by atoms with van der Waals surface area (Å²) in [6.45, 7) is 0. The zero-order chi connectivity index (χ0) is 12.3. The lowest BCUT2D eigenvalue weighted by molar-refractivity contribution is -0.00941. The number of hydrogen-bond donors (Lipinski definition) is 1. The Morgan fingerprint density at radius 1 is 0.944 bits per heavy atom. The molecule has 0 amide bonds. The highest BCUT2D eigenvalue weighted by atomic mass is 35.5. The van der Waals surface area contributed by atoms with Crippen LogP contribution in [0, 0.1) is 17.8 Å². The third kappa shape index (κ3) is 1.54. The Balaban J connectivity index is 1.79. The molecular formula is C13H17ClN4. The average Bonchev–Trinajstić information content (AvgIpc) is 2.25. The van der Waals surface area contributed by atoms with Gasteiger partial charge in [0.15, 0.2) is 0 Å². The Bertz CT molecular complexity index is 446. The summed E-state index contributed by atoms with van der Waals surface area (Å²) in [6, 6.07) is 0. The normalized spacial score (nSPS) is 41.3. The lowest BCUT2D eigenvalue weighted by Gasteiger charge is -2.55. The van der Waals surface area contributed by atoms with E-state index in [4.69, 9.17) is 17.3 Å². The number of nitrogens with zero attached hydrogens (tertiary/aromatic N) is 3. The van der Waals surface area contributed by atoms with Crippen molar-refractivity contribution in [1.82, 2.24) is 15.0 Å². The van der Waals surface area contributed by atoms with Crippen LogP contribution >= 0.6 is 11.6 Å². The highest BCUT2D eigenvalue weighted by Crippen LogP contribution is 2.60. The van der Waals surface area contributed by atoms with Crippen molar-refractivity contribution in [3.05, 3.63) is 11.1 Å². The first kappa shape index (κ1) is 11.0. The van der Waals surface area contributed by atoms with E-state index in [-0.39, 0.29) is 16.6 Å². The Hall–Kier alpha value is -0.900. The van der Waals surface area contributed by atoms with Crippen LogP contribution in [-0.2, 0) is 5.41 Å². The molecule has 96 valence electrons. The molecule has 0 atom stereocenters. The molecule has 5 rings (SSSR count). The van der Waals surface area contributed by atoms with Crippen LogP contribution in [-0.4, -0.2) is 15.0 Å². The van der Waals surface area contributed by atoms with Gasteiger partial charge >= 0.3 is 0 Å². The number of nitrogens with two attached hydrogens (primary N) is 1. The van der Waals surface area contributed by atoms with E-state index in [1.165, 1.54) is 38.5 Å².